The lowest BCUT2D eigenvalue weighted by Gasteiger charge is -2.26. The molecule has 1 aromatic heterocycles. The van der Waals surface area contributed by atoms with E-state index in [1.807, 2.05) is 24.3 Å². The monoisotopic (exact) mass is 398 g/mol. The maximum absolute atomic E-state index is 6.18. The van der Waals surface area contributed by atoms with Gasteiger partial charge >= 0.3 is 0 Å². The van der Waals surface area contributed by atoms with E-state index in [1.54, 1.807) is 0 Å². The minimum atomic E-state index is 0.593. The Morgan fingerprint density at radius 1 is 0.964 bits per heavy atom. The maximum Gasteiger partial charge on any atom is 0.137 e. The van der Waals surface area contributed by atoms with Crippen molar-refractivity contribution in [2.75, 3.05) is 39.5 Å². The normalized spacial score (nSPS) is 15.2. The summed E-state index contributed by atoms with van der Waals surface area (Å²) in [4.78, 5) is 2.50. The summed E-state index contributed by atoms with van der Waals surface area (Å²) in [6.07, 6.45) is 4.56. The average molecular weight is 399 g/mol. The molecule has 4 rings (SSSR count). The zero-order valence-corrected chi connectivity index (χ0v) is 16.9. The van der Waals surface area contributed by atoms with Gasteiger partial charge in [-0.25, -0.2) is 0 Å². The third-order valence-electron chi connectivity index (χ3n) is 5.32. The van der Waals surface area contributed by atoms with Crippen molar-refractivity contribution in [3.8, 4) is 5.75 Å². The second-order valence-corrected chi connectivity index (χ2v) is 7.61. The number of morpholine rings is 1. The van der Waals surface area contributed by atoms with E-state index >= 15 is 0 Å². The first-order chi connectivity index (χ1) is 13.8. The molecular weight excluding hydrogens is 372 g/mol. The Morgan fingerprint density at radius 3 is 2.61 bits per heavy atom. The number of nitrogens with zero attached hydrogens (tertiary/aromatic N) is 2. The van der Waals surface area contributed by atoms with E-state index in [0.29, 0.717) is 11.6 Å². The van der Waals surface area contributed by atoms with Crippen molar-refractivity contribution in [1.82, 2.24) is 9.47 Å². The molecule has 4 nitrogen and oxygen atoms in total. The summed E-state index contributed by atoms with van der Waals surface area (Å²) in [6, 6.07) is 16.3. The number of para-hydroxylation sites is 2. The summed E-state index contributed by atoms with van der Waals surface area (Å²) in [5.41, 5.74) is 2.69. The molecule has 1 fully saturated rings. The van der Waals surface area contributed by atoms with E-state index < -0.39 is 0 Å². The molecule has 0 N–H and O–H groups in total. The Labute approximate surface area is 171 Å². The molecule has 1 aliphatic rings. The van der Waals surface area contributed by atoms with Crippen LogP contribution in [0.4, 0.5) is 0 Å². The first-order valence-corrected chi connectivity index (χ1v) is 10.4. The van der Waals surface area contributed by atoms with Crippen LogP contribution in [0.3, 0.4) is 0 Å². The topological polar surface area (TPSA) is 26.6 Å². The van der Waals surface area contributed by atoms with Gasteiger partial charge in [-0.2, -0.15) is 0 Å². The van der Waals surface area contributed by atoms with Crippen molar-refractivity contribution >= 4 is 22.5 Å². The lowest BCUT2D eigenvalue weighted by atomic mass is 10.1. The highest BCUT2D eigenvalue weighted by atomic mass is 35.5. The molecule has 0 spiro atoms. The summed E-state index contributed by atoms with van der Waals surface area (Å²) < 4.78 is 13.6. The van der Waals surface area contributed by atoms with E-state index in [-0.39, 0.29) is 0 Å². The molecule has 0 saturated carbocycles. The highest BCUT2D eigenvalue weighted by Gasteiger charge is 2.12. The van der Waals surface area contributed by atoms with E-state index in [2.05, 4.69) is 39.9 Å². The number of aryl methyl sites for hydroxylation is 1. The summed E-state index contributed by atoms with van der Waals surface area (Å²) >= 11 is 6.18. The van der Waals surface area contributed by atoms with Crippen LogP contribution in [0.2, 0.25) is 5.02 Å². The average Bonchev–Trinajstić information content (AvgIpc) is 3.08. The van der Waals surface area contributed by atoms with Crippen LogP contribution in [0.15, 0.2) is 54.7 Å². The third kappa shape index (κ3) is 4.69. The Hall–Kier alpha value is -2.01. The lowest BCUT2D eigenvalue weighted by Crippen LogP contribution is -2.36. The van der Waals surface area contributed by atoms with Crippen LogP contribution in [-0.2, 0) is 17.7 Å². The van der Waals surface area contributed by atoms with Gasteiger partial charge in [0.2, 0.25) is 0 Å². The van der Waals surface area contributed by atoms with Gasteiger partial charge in [0.25, 0.3) is 0 Å². The van der Waals surface area contributed by atoms with Crippen LogP contribution in [0, 0.1) is 0 Å². The number of halogens is 1. The fraction of sp³-hybridized carbons (Fsp3) is 0.391. The number of hydrogen-bond acceptors (Lipinski definition) is 3. The largest absolute Gasteiger partial charge is 0.490 e. The van der Waals surface area contributed by atoms with Gasteiger partial charge in [-0.15, -0.1) is 0 Å². The van der Waals surface area contributed by atoms with E-state index in [1.165, 1.54) is 22.9 Å². The standard InChI is InChI=1S/C23H27ClN2O2/c24-21-8-2-4-10-23(21)28-17-14-26-18-19(20-7-1-3-9-22(20)26)6-5-11-25-12-15-27-16-13-25/h1-4,7-10,18H,5-6,11-17H2. The molecule has 0 amide bonds. The van der Waals surface area contributed by atoms with E-state index in [9.17, 15) is 0 Å². The Morgan fingerprint density at radius 2 is 1.75 bits per heavy atom. The van der Waals surface area contributed by atoms with Crippen LogP contribution >= 0.6 is 11.6 Å². The Balaban J connectivity index is 1.38. The second-order valence-electron chi connectivity index (χ2n) is 7.20. The first kappa shape index (κ1) is 19.3. The van der Waals surface area contributed by atoms with Crippen LogP contribution in [0.25, 0.3) is 10.9 Å². The van der Waals surface area contributed by atoms with Gasteiger partial charge in [0, 0.05) is 30.2 Å². The predicted octanol–water partition coefficient (Wildman–Crippen LogP) is 4.64. The molecule has 0 atom stereocenters. The minimum absolute atomic E-state index is 0.593. The van der Waals surface area contributed by atoms with Gasteiger partial charge in [0.15, 0.2) is 0 Å². The first-order valence-electron chi connectivity index (χ1n) is 10.1. The highest BCUT2D eigenvalue weighted by molar-refractivity contribution is 6.32. The molecular formula is C23H27ClN2O2. The smallest absolute Gasteiger partial charge is 0.137 e. The molecule has 28 heavy (non-hydrogen) atoms. The van der Waals surface area contributed by atoms with Crippen LogP contribution in [0.5, 0.6) is 5.75 Å². The van der Waals surface area contributed by atoms with Crippen molar-refractivity contribution < 1.29 is 9.47 Å². The molecule has 0 radical (unpaired) electrons. The van der Waals surface area contributed by atoms with Gasteiger partial charge in [-0.1, -0.05) is 41.9 Å². The fourth-order valence-electron chi connectivity index (χ4n) is 3.84. The van der Waals surface area contributed by atoms with Gasteiger partial charge < -0.3 is 14.0 Å². The highest BCUT2D eigenvalue weighted by Crippen LogP contribution is 2.25. The molecule has 2 heterocycles. The third-order valence-corrected chi connectivity index (χ3v) is 5.63. The molecule has 0 unspecified atom stereocenters. The second kappa shape index (κ2) is 9.46. The predicted molar refractivity (Wildman–Crippen MR) is 114 cm³/mol. The van der Waals surface area contributed by atoms with Crippen LogP contribution < -0.4 is 4.74 Å². The van der Waals surface area contributed by atoms with Gasteiger partial charge in [0.1, 0.15) is 12.4 Å². The summed E-state index contributed by atoms with van der Waals surface area (Å²) in [5, 5.41) is 2.01. The van der Waals surface area contributed by atoms with Gasteiger partial charge in [0.05, 0.1) is 24.8 Å². The van der Waals surface area contributed by atoms with Crippen molar-refractivity contribution in [1.29, 1.82) is 0 Å². The molecule has 1 aliphatic heterocycles. The molecule has 3 aromatic rings. The number of rotatable bonds is 8. The number of ether oxygens (including phenoxy) is 2. The zero-order chi connectivity index (χ0) is 19.2. The zero-order valence-electron chi connectivity index (χ0n) is 16.1. The molecule has 0 aliphatic carbocycles. The Kier molecular flexibility index (Phi) is 6.53. The molecule has 148 valence electrons. The van der Waals surface area contributed by atoms with Gasteiger partial charge in [-0.05, 0) is 43.1 Å². The van der Waals surface area contributed by atoms with Crippen LogP contribution in [0.1, 0.15) is 12.0 Å². The Bertz CT molecular complexity index is 903. The van der Waals surface area contributed by atoms with Crippen molar-refractivity contribution in [3.63, 3.8) is 0 Å². The SMILES string of the molecule is Clc1ccccc1OCCn1cc(CCCN2CCOCC2)c2ccccc21. The maximum atomic E-state index is 6.18. The quantitative estimate of drug-likeness (QED) is 0.553. The summed E-state index contributed by atoms with van der Waals surface area (Å²) in [6.45, 7) is 6.38. The van der Waals surface area contributed by atoms with E-state index in [0.717, 1.165) is 51.6 Å². The number of aromatic nitrogens is 1. The van der Waals surface area contributed by atoms with Crippen LogP contribution in [-0.4, -0.2) is 48.9 Å². The minimum Gasteiger partial charge on any atom is -0.490 e. The van der Waals surface area contributed by atoms with Crippen molar-refractivity contribution in [2.24, 2.45) is 0 Å². The summed E-state index contributed by atoms with van der Waals surface area (Å²) in [5.74, 6) is 0.742. The molecule has 1 saturated heterocycles. The number of benzene rings is 2. The van der Waals surface area contributed by atoms with Crippen molar-refractivity contribution in [2.45, 2.75) is 19.4 Å². The molecule has 5 heteroatoms. The number of fused-ring (bicyclic) bond motifs is 1. The number of hydrogen-bond donors (Lipinski definition) is 0. The lowest BCUT2D eigenvalue weighted by molar-refractivity contribution is 0.0375. The summed E-state index contributed by atoms with van der Waals surface area (Å²) in [7, 11) is 0. The van der Waals surface area contributed by atoms with Gasteiger partial charge in [-0.3, -0.25) is 4.90 Å². The fourth-order valence-corrected chi connectivity index (χ4v) is 4.03. The molecule has 0 bridgehead atoms. The van der Waals surface area contributed by atoms with E-state index in [4.69, 9.17) is 21.1 Å². The molecule has 2 aromatic carbocycles. The van der Waals surface area contributed by atoms with Crippen molar-refractivity contribution in [3.05, 3.63) is 65.3 Å².